The number of rotatable bonds is 5. The highest BCUT2D eigenvalue weighted by atomic mass is 16.6. The van der Waals surface area contributed by atoms with Crippen molar-refractivity contribution in [2.75, 3.05) is 38.0 Å². The average Bonchev–Trinajstić information content (AvgIpc) is 3.28. The predicted octanol–water partition coefficient (Wildman–Crippen LogP) is 5.64. The van der Waals surface area contributed by atoms with Crippen LogP contribution in [0.15, 0.2) is 54.6 Å². The van der Waals surface area contributed by atoms with E-state index in [9.17, 15) is 4.79 Å². The van der Waals surface area contributed by atoms with E-state index >= 15 is 0 Å². The molecule has 8 heteroatoms. The molecule has 0 saturated carbocycles. The molecule has 0 radical (unpaired) electrons. The van der Waals surface area contributed by atoms with Gasteiger partial charge in [0, 0.05) is 32.7 Å². The SMILES string of the molecule is CCc1c2c(nn1-c1ccc(Oc3ccccc3)cc1)C(N1CCN(C(=O)OC(C)(C)C)CC1)CCN2. The number of amides is 1. The Kier molecular flexibility index (Phi) is 7.11. The minimum Gasteiger partial charge on any atom is -0.457 e. The summed E-state index contributed by atoms with van der Waals surface area (Å²) in [6, 6.07) is 18.1. The number of piperazine rings is 1. The molecule has 1 amide bonds. The number of carbonyl (C=O) groups excluding carboxylic acids is 1. The van der Waals surface area contributed by atoms with Gasteiger partial charge in [-0.2, -0.15) is 5.10 Å². The average molecular weight is 504 g/mol. The molecule has 1 unspecified atom stereocenters. The predicted molar refractivity (Wildman–Crippen MR) is 145 cm³/mol. The first-order valence-electron chi connectivity index (χ1n) is 13.2. The van der Waals surface area contributed by atoms with Gasteiger partial charge in [-0.3, -0.25) is 4.90 Å². The van der Waals surface area contributed by atoms with Crippen molar-refractivity contribution >= 4 is 11.8 Å². The number of hydrogen-bond donors (Lipinski definition) is 1. The number of hydrogen-bond acceptors (Lipinski definition) is 6. The highest BCUT2D eigenvalue weighted by Gasteiger charge is 2.35. The molecule has 5 rings (SSSR count). The number of carbonyl (C=O) groups is 1. The van der Waals surface area contributed by atoms with Gasteiger partial charge in [-0.15, -0.1) is 0 Å². The lowest BCUT2D eigenvalue weighted by Gasteiger charge is -2.40. The van der Waals surface area contributed by atoms with E-state index in [2.05, 4.69) is 34.0 Å². The van der Waals surface area contributed by atoms with Gasteiger partial charge < -0.3 is 19.7 Å². The van der Waals surface area contributed by atoms with Gasteiger partial charge in [0.1, 0.15) is 22.8 Å². The van der Waals surface area contributed by atoms with Crippen molar-refractivity contribution in [1.29, 1.82) is 0 Å². The van der Waals surface area contributed by atoms with Crippen LogP contribution in [0.1, 0.15) is 51.5 Å². The number of fused-ring (bicyclic) bond motifs is 1. The minimum absolute atomic E-state index is 0.226. The molecule has 196 valence electrons. The first-order chi connectivity index (χ1) is 17.8. The molecule has 2 aromatic carbocycles. The quantitative estimate of drug-likeness (QED) is 0.486. The Bertz CT molecular complexity index is 1210. The van der Waals surface area contributed by atoms with Crippen LogP contribution >= 0.6 is 0 Å². The maximum atomic E-state index is 12.5. The molecule has 3 aromatic rings. The van der Waals surface area contributed by atoms with Crippen molar-refractivity contribution in [3.63, 3.8) is 0 Å². The summed E-state index contributed by atoms with van der Waals surface area (Å²) in [5, 5.41) is 8.75. The fourth-order valence-electron chi connectivity index (χ4n) is 5.09. The number of ether oxygens (including phenoxy) is 2. The second-order valence-corrected chi connectivity index (χ2v) is 10.6. The van der Waals surface area contributed by atoms with E-state index in [4.69, 9.17) is 14.6 Å². The smallest absolute Gasteiger partial charge is 0.410 e. The summed E-state index contributed by atoms with van der Waals surface area (Å²) in [6.07, 6.45) is 1.63. The van der Waals surface area contributed by atoms with Crippen LogP contribution in [-0.2, 0) is 11.2 Å². The van der Waals surface area contributed by atoms with Crippen molar-refractivity contribution in [2.45, 2.75) is 52.2 Å². The number of anilines is 1. The third-order valence-corrected chi connectivity index (χ3v) is 6.85. The molecule has 2 aliphatic heterocycles. The molecule has 0 bridgehead atoms. The first-order valence-corrected chi connectivity index (χ1v) is 13.2. The number of para-hydroxylation sites is 1. The summed E-state index contributed by atoms with van der Waals surface area (Å²) in [6.45, 7) is 11.7. The minimum atomic E-state index is -0.479. The second kappa shape index (κ2) is 10.5. The molecule has 3 heterocycles. The number of aromatic nitrogens is 2. The summed E-state index contributed by atoms with van der Waals surface area (Å²) >= 11 is 0. The summed E-state index contributed by atoms with van der Waals surface area (Å²) < 4.78 is 13.6. The molecule has 8 nitrogen and oxygen atoms in total. The Morgan fingerprint density at radius 1 is 1.00 bits per heavy atom. The highest BCUT2D eigenvalue weighted by Crippen LogP contribution is 2.38. The van der Waals surface area contributed by atoms with Gasteiger partial charge in [0.15, 0.2) is 0 Å². The van der Waals surface area contributed by atoms with Gasteiger partial charge >= 0.3 is 6.09 Å². The van der Waals surface area contributed by atoms with Crippen LogP contribution in [0.25, 0.3) is 5.69 Å². The second-order valence-electron chi connectivity index (χ2n) is 10.6. The summed E-state index contributed by atoms with van der Waals surface area (Å²) in [5.74, 6) is 1.61. The van der Waals surface area contributed by atoms with Gasteiger partial charge in [0.2, 0.25) is 0 Å². The van der Waals surface area contributed by atoms with Crippen molar-refractivity contribution < 1.29 is 14.3 Å². The molecule has 1 saturated heterocycles. The van der Waals surface area contributed by atoms with E-state index in [0.717, 1.165) is 61.0 Å². The Balaban J connectivity index is 1.32. The lowest BCUT2D eigenvalue weighted by Crippen LogP contribution is -2.51. The first kappa shape index (κ1) is 25.1. The number of nitrogens with zero attached hydrogens (tertiary/aromatic N) is 4. The molecular formula is C29H37N5O3. The number of benzene rings is 2. The van der Waals surface area contributed by atoms with Gasteiger partial charge in [-0.1, -0.05) is 25.1 Å². The number of nitrogens with one attached hydrogen (secondary N) is 1. The third kappa shape index (κ3) is 5.59. The molecule has 2 aliphatic rings. The normalized spacial score (nSPS) is 18.2. The van der Waals surface area contributed by atoms with E-state index in [1.54, 1.807) is 0 Å². The van der Waals surface area contributed by atoms with E-state index in [1.165, 1.54) is 5.69 Å². The van der Waals surface area contributed by atoms with Gasteiger partial charge in [-0.05, 0) is 70.0 Å². The Labute approximate surface area is 219 Å². The fourth-order valence-corrected chi connectivity index (χ4v) is 5.09. The zero-order chi connectivity index (χ0) is 26.0. The zero-order valence-corrected chi connectivity index (χ0v) is 22.2. The van der Waals surface area contributed by atoms with E-state index in [-0.39, 0.29) is 12.1 Å². The van der Waals surface area contributed by atoms with Crippen LogP contribution in [0, 0.1) is 0 Å². The van der Waals surface area contributed by atoms with Crippen molar-refractivity contribution in [3.05, 3.63) is 66.0 Å². The topological polar surface area (TPSA) is 71.9 Å². The lowest BCUT2D eigenvalue weighted by molar-refractivity contribution is 0.00954. The zero-order valence-electron chi connectivity index (χ0n) is 22.2. The van der Waals surface area contributed by atoms with E-state index in [1.807, 2.05) is 68.1 Å². The highest BCUT2D eigenvalue weighted by molar-refractivity contribution is 5.68. The van der Waals surface area contributed by atoms with Crippen LogP contribution in [0.4, 0.5) is 10.5 Å². The molecule has 1 fully saturated rings. The van der Waals surface area contributed by atoms with Gasteiger partial charge in [0.05, 0.1) is 23.1 Å². The molecule has 0 spiro atoms. The molecule has 1 N–H and O–H groups in total. The summed E-state index contributed by atoms with van der Waals surface area (Å²) in [4.78, 5) is 16.8. The van der Waals surface area contributed by atoms with Crippen LogP contribution in [0.5, 0.6) is 11.5 Å². The molecule has 0 aliphatic carbocycles. The lowest BCUT2D eigenvalue weighted by atomic mass is 10.0. The van der Waals surface area contributed by atoms with Crippen LogP contribution in [-0.4, -0.2) is 64.0 Å². The van der Waals surface area contributed by atoms with Gasteiger partial charge in [-0.25, -0.2) is 9.48 Å². The fraction of sp³-hybridized carbons (Fsp3) is 0.448. The Morgan fingerprint density at radius 3 is 2.32 bits per heavy atom. The molecule has 37 heavy (non-hydrogen) atoms. The van der Waals surface area contributed by atoms with Crippen molar-refractivity contribution in [3.8, 4) is 17.2 Å². The van der Waals surface area contributed by atoms with E-state index in [0.29, 0.717) is 13.1 Å². The third-order valence-electron chi connectivity index (χ3n) is 6.85. The molecule has 1 atom stereocenters. The maximum absolute atomic E-state index is 12.5. The van der Waals surface area contributed by atoms with Gasteiger partial charge in [0.25, 0.3) is 0 Å². The van der Waals surface area contributed by atoms with E-state index < -0.39 is 5.60 Å². The summed E-state index contributed by atoms with van der Waals surface area (Å²) in [7, 11) is 0. The van der Waals surface area contributed by atoms with Crippen molar-refractivity contribution in [1.82, 2.24) is 19.6 Å². The largest absolute Gasteiger partial charge is 0.457 e. The van der Waals surface area contributed by atoms with Crippen molar-refractivity contribution in [2.24, 2.45) is 0 Å². The van der Waals surface area contributed by atoms with Crippen LogP contribution < -0.4 is 10.1 Å². The summed E-state index contributed by atoms with van der Waals surface area (Å²) in [5.41, 5.74) is 3.97. The maximum Gasteiger partial charge on any atom is 0.410 e. The van der Waals surface area contributed by atoms with Crippen LogP contribution in [0.3, 0.4) is 0 Å². The Morgan fingerprint density at radius 2 is 1.68 bits per heavy atom. The standard InChI is InChI=1S/C29H37N5O3/c1-5-24-26-27(31-34(24)21-11-13-23(14-12-21)36-22-9-7-6-8-10-22)25(15-16-30-26)32-17-19-33(20-18-32)28(35)37-29(2,3)4/h6-14,25,30H,5,15-20H2,1-4H3. The molecule has 1 aromatic heterocycles. The van der Waals surface area contributed by atoms with Crippen LogP contribution in [0.2, 0.25) is 0 Å². The molecular weight excluding hydrogens is 466 g/mol. The Hall–Kier alpha value is -3.52. The monoisotopic (exact) mass is 503 g/mol.